The van der Waals surface area contributed by atoms with E-state index in [1.165, 1.54) is 0 Å². The van der Waals surface area contributed by atoms with Crippen LogP contribution in [-0.2, 0) is 9.84 Å². The van der Waals surface area contributed by atoms with Crippen LogP contribution in [-0.4, -0.2) is 34.8 Å². The van der Waals surface area contributed by atoms with Crippen molar-refractivity contribution in [3.05, 3.63) is 18.3 Å². The fourth-order valence-electron chi connectivity index (χ4n) is 1.06. The molecule has 0 N–H and O–H groups in total. The largest absolute Gasteiger partial charge is 0.415 e. The lowest BCUT2D eigenvalue weighted by Crippen LogP contribution is -2.03. The number of aromatic nitrogens is 4. The second kappa shape index (κ2) is 4.37. The fraction of sp³-hybridized carbons (Fsp3) is 0.250. The highest BCUT2D eigenvalue weighted by molar-refractivity contribution is 7.90. The van der Waals surface area contributed by atoms with Gasteiger partial charge in [0.15, 0.2) is 0 Å². The van der Waals surface area contributed by atoms with Gasteiger partial charge < -0.3 is 4.42 Å². The van der Waals surface area contributed by atoms with Gasteiger partial charge in [-0.15, -0.1) is 10.2 Å². The molecule has 2 heterocycles. The first-order valence-corrected chi connectivity index (χ1v) is 6.41. The summed E-state index contributed by atoms with van der Waals surface area (Å²) in [6, 6.07) is 0. The average Bonchev–Trinajstić information content (AvgIpc) is 2.77. The molecule has 10 heteroatoms. The molecule has 0 aliphatic heterocycles. The number of sulfone groups is 1. The number of nitrogens with zero attached hydrogens (tertiary/aromatic N) is 4. The summed E-state index contributed by atoms with van der Waals surface area (Å²) in [4.78, 5) is 7.13. The van der Waals surface area contributed by atoms with Crippen molar-refractivity contribution in [1.29, 1.82) is 0 Å². The van der Waals surface area contributed by atoms with Crippen LogP contribution in [0.3, 0.4) is 0 Å². The van der Waals surface area contributed by atoms with Crippen molar-refractivity contribution in [2.24, 2.45) is 0 Å². The SMILES string of the molecule is CS(=O)(=O)c1ncc(-c2nnc(C(F)F)o2)cn1. The van der Waals surface area contributed by atoms with Crippen LogP contribution >= 0.6 is 0 Å². The van der Waals surface area contributed by atoms with E-state index < -0.39 is 22.2 Å². The molecule has 2 aromatic rings. The highest BCUT2D eigenvalue weighted by atomic mass is 32.2. The molecule has 0 bridgehead atoms. The van der Waals surface area contributed by atoms with Crippen LogP contribution in [0.4, 0.5) is 8.78 Å². The fourth-order valence-corrected chi connectivity index (χ4v) is 1.55. The standard InChI is InChI=1S/C8H6F2N4O3S/c1-18(15,16)8-11-2-4(3-12-8)6-13-14-7(17-6)5(9)10/h2-3,5H,1H3. The third-order valence-electron chi connectivity index (χ3n) is 1.83. The van der Waals surface area contributed by atoms with Crippen molar-refractivity contribution in [3.8, 4) is 11.5 Å². The molecule has 0 aromatic carbocycles. The zero-order valence-electron chi connectivity index (χ0n) is 8.91. The van der Waals surface area contributed by atoms with Gasteiger partial charge in [0.2, 0.25) is 15.0 Å². The first-order chi connectivity index (χ1) is 8.38. The van der Waals surface area contributed by atoms with E-state index in [9.17, 15) is 17.2 Å². The first kappa shape index (κ1) is 12.5. The molecule has 0 aliphatic rings. The van der Waals surface area contributed by atoms with Gasteiger partial charge >= 0.3 is 6.43 Å². The van der Waals surface area contributed by atoms with Crippen molar-refractivity contribution < 1.29 is 21.6 Å². The van der Waals surface area contributed by atoms with Gasteiger partial charge in [-0.05, 0) is 0 Å². The third-order valence-corrected chi connectivity index (χ3v) is 2.71. The summed E-state index contributed by atoms with van der Waals surface area (Å²) >= 11 is 0. The molecule has 0 saturated heterocycles. The molecule has 2 rings (SSSR count). The summed E-state index contributed by atoms with van der Waals surface area (Å²) in [5.74, 6) is -1.03. The van der Waals surface area contributed by atoms with E-state index in [0.717, 1.165) is 18.6 Å². The van der Waals surface area contributed by atoms with Gasteiger partial charge in [0.25, 0.3) is 11.8 Å². The topological polar surface area (TPSA) is 98.8 Å². The Morgan fingerprint density at radius 1 is 1.22 bits per heavy atom. The van der Waals surface area contributed by atoms with E-state index in [0.29, 0.717) is 0 Å². The van der Waals surface area contributed by atoms with Crippen molar-refractivity contribution >= 4 is 9.84 Å². The summed E-state index contributed by atoms with van der Waals surface area (Å²) in [5.41, 5.74) is 0.154. The van der Waals surface area contributed by atoms with Gasteiger partial charge in [0.1, 0.15) is 0 Å². The number of hydrogen-bond donors (Lipinski definition) is 0. The van der Waals surface area contributed by atoms with Crippen LogP contribution in [0.1, 0.15) is 12.3 Å². The lowest BCUT2D eigenvalue weighted by atomic mass is 10.3. The third kappa shape index (κ3) is 2.47. The predicted molar refractivity (Wildman–Crippen MR) is 53.4 cm³/mol. The van der Waals surface area contributed by atoms with E-state index >= 15 is 0 Å². The van der Waals surface area contributed by atoms with Crippen LogP contribution in [0.25, 0.3) is 11.5 Å². The van der Waals surface area contributed by atoms with Gasteiger partial charge in [-0.3, -0.25) is 0 Å². The summed E-state index contributed by atoms with van der Waals surface area (Å²) in [6.07, 6.45) is 0.282. The van der Waals surface area contributed by atoms with E-state index in [1.807, 2.05) is 0 Å². The molecule has 7 nitrogen and oxygen atoms in total. The Bertz CT molecular complexity index is 653. The van der Waals surface area contributed by atoms with E-state index in [4.69, 9.17) is 0 Å². The summed E-state index contributed by atoms with van der Waals surface area (Å²) in [5, 5.41) is 6.12. The van der Waals surface area contributed by atoms with Crippen molar-refractivity contribution in [1.82, 2.24) is 20.2 Å². The van der Waals surface area contributed by atoms with Crippen molar-refractivity contribution in [3.63, 3.8) is 0 Å². The Hall–Kier alpha value is -1.97. The molecular formula is C8H6F2N4O3S. The van der Waals surface area contributed by atoms with Crippen molar-refractivity contribution in [2.75, 3.05) is 6.26 Å². The second-order valence-corrected chi connectivity index (χ2v) is 5.18. The molecule has 0 aliphatic carbocycles. The van der Waals surface area contributed by atoms with Crippen LogP contribution in [0, 0.1) is 0 Å². The van der Waals surface area contributed by atoms with Crippen LogP contribution in [0.15, 0.2) is 22.0 Å². The average molecular weight is 276 g/mol. The Balaban J connectivity index is 2.34. The maximum atomic E-state index is 12.2. The summed E-state index contributed by atoms with van der Waals surface area (Å²) in [7, 11) is -3.52. The normalized spacial score (nSPS) is 12.0. The molecule has 18 heavy (non-hydrogen) atoms. The quantitative estimate of drug-likeness (QED) is 0.767. The molecule has 0 fully saturated rings. The Kier molecular flexibility index (Phi) is 3.03. The highest BCUT2D eigenvalue weighted by Gasteiger charge is 2.18. The van der Waals surface area contributed by atoms with Crippen LogP contribution in [0.5, 0.6) is 0 Å². The first-order valence-electron chi connectivity index (χ1n) is 4.52. The number of halogens is 2. The minimum atomic E-state index is -3.52. The molecule has 0 spiro atoms. The molecular weight excluding hydrogens is 270 g/mol. The van der Waals surface area contributed by atoms with Gasteiger partial charge in [0, 0.05) is 18.6 Å². The number of alkyl halides is 2. The summed E-state index contributed by atoms with van der Waals surface area (Å²) in [6.45, 7) is 0. The van der Waals surface area contributed by atoms with Gasteiger partial charge in [-0.25, -0.2) is 18.4 Å². The second-order valence-electron chi connectivity index (χ2n) is 3.27. The Morgan fingerprint density at radius 2 is 1.83 bits per heavy atom. The lowest BCUT2D eigenvalue weighted by molar-refractivity contribution is 0.116. The predicted octanol–water partition coefficient (Wildman–Crippen LogP) is 0.868. The Morgan fingerprint density at radius 3 is 2.28 bits per heavy atom. The molecule has 96 valence electrons. The molecule has 0 saturated carbocycles. The van der Waals surface area contributed by atoms with E-state index in [-0.39, 0.29) is 16.6 Å². The van der Waals surface area contributed by atoms with Crippen LogP contribution < -0.4 is 0 Å². The van der Waals surface area contributed by atoms with E-state index in [2.05, 4.69) is 24.6 Å². The van der Waals surface area contributed by atoms with Gasteiger partial charge in [-0.2, -0.15) is 8.78 Å². The van der Waals surface area contributed by atoms with Crippen LogP contribution in [0.2, 0.25) is 0 Å². The van der Waals surface area contributed by atoms with Crippen molar-refractivity contribution in [2.45, 2.75) is 11.6 Å². The smallest absolute Gasteiger partial charge is 0.314 e. The lowest BCUT2D eigenvalue weighted by Gasteiger charge is -1.96. The number of hydrogen-bond acceptors (Lipinski definition) is 7. The monoisotopic (exact) mass is 276 g/mol. The molecule has 0 amide bonds. The molecule has 0 radical (unpaired) electrons. The maximum Gasteiger partial charge on any atom is 0.314 e. The maximum absolute atomic E-state index is 12.2. The Labute approximate surface area is 99.8 Å². The van der Waals surface area contributed by atoms with Gasteiger partial charge in [-0.1, -0.05) is 0 Å². The minimum absolute atomic E-state index is 0.154. The minimum Gasteiger partial charge on any atom is -0.415 e. The zero-order chi connectivity index (χ0) is 13.3. The van der Waals surface area contributed by atoms with E-state index in [1.54, 1.807) is 0 Å². The zero-order valence-corrected chi connectivity index (χ0v) is 9.73. The number of rotatable bonds is 3. The summed E-state index contributed by atoms with van der Waals surface area (Å²) < 4.78 is 51.3. The molecule has 0 unspecified atom stereocenters. The highest BCUT2D eigenvalue weighted by Crippen LogP contribution is 2.22. The molecule has 0 atom stereocenters. The molecule has 2 aromatic heterocycles. The van der Waals surface area contributed by atoms with Gasteiger partial charge in [0.05, 0.1) is 5.56 Å².